The van der Waals surface area contributed by atoms with E-state index in [1.165, 1.54) is 38.7 Å². The zero-order valence-corrected chi connectivity index (χ0v) is 11.5. The SMILES string of the molecule is COC(=O)c1c[nH]c(=O)cc1-c1cc(Cl)ncc1OC. The Labute approximate surface area is 119 Å². The molecular weight excluding hydrogens is 284 g/mol. The van der Waals surface area contributed by atoms with Crippen LogP contribution in [0.15, 0.2) is 29.3 Å². The van der Waals surface area contributed by atoms with Gasteiger partial charge in [-0.2, -0.15) is 0 Å². The van der Waals surface area contributed by atoms with Gasteiger partial charge in [0, 0.05) is 23.4 Å². The Morgan fingerprint density at radius 3 is 2.70 bits per heavy atom. The Morgan fingerprint density at radius 2 is 2.05 bits per heavy atom. The van der Waals surface area contributed by atoms with Crippen LogP contribution in [0.4, 0.5) is 0 Å². The van der Waals surface area contributed by atoms with E-state index in [2.05, 4.69) is 9.97 Å². The Kier molecular flexibility index (Phi) is 4.05. The van der Waals surface area contributed by atoms with Crippen molar-refractivity contribution in [2.24, 2.45) is 0 Å². The predicted molar refractivity (Wildman–Crippen MR) is 73.2 cm³/mol. The maximum atomic E-state index is 11.8. The lowest BCUT2D eigenvalue weighted by Gasteiger charge is -2.11. The Hall–Kier alpha value is -2.34. The summed E-state index contributed by atoms with van der Waals surface area (Å²) >= 11 is 5.86. The molecule has 0 radical (unpaired) electrons. The van der Waals surface area contributed by atoms with E-state index >= 15 is 0 Å². The molecule has 0 saturated carbocycles. The van der Waals surface area contributed by atoms with E-state index in [-0.39, 0.29) is 16.3 Å². The molecule has 0 amide bonds. The first-order chi connectivity index (χ1) is 9.56. The smallest absolute Gasteiger partial charge is 0.339 e. The van der Waals surface area contributed by atoms with Gasteiger partial charge in [0.1, 0.15) is 10.9 Å². The Balaban J connectivity index is 2.74. The molecule has 104 valence electrons. The summed E-state index contributed by atoms with van der Waals surface area (Å²) in [7, 11) is 2.72. The maximum absolute atomic E-state index is 11.8. The van der Waals surface area contributed by atoms with Crippen molar-refractivity contribution >= 4 is 17.6 Å². The number of carbonyl (C=O) groups excluding carboxylic acids is 1. The highest BCUT2D eigenvalue weighted by atomic mass is 35.5. The molecule has 0 spiro atoms. The van der Waals surface area contributed by atoms with Gasteiger partial charge >= 0.3 is 5.97 Å². The first-order valence-corrected chi connectivity index (χ1v) is 5.95. The number of hydrogen-bond acceptors (Lipinski definition) is 5. The summed E-state index contributed by atoms with van der Waals surface area (Å²) in [5.41, 5.74) is 0.691. The highest BCUT2D eigenvalue weighted by Gasteiger charge is 2.17. The Morgan fingerprint density at radius 1 is 1.30 bits per heavy atom. The van der Waals surface area contributed by atoms with E-state index in [0.29, 0.717) is 16.9 Å². The molecule has 7 heteroatoms. The number of nitrogens with one attached hydrogen (secondary N) is 1. The molecule has 2 aromatic rings. The van der Waals surface area contributed by atoms with E-state index < -0.39 is 5.97 Å². The van der Waals surface area contributed by atoms with Crippen molar-refractivity contribution in [2.45, 2.75) is 0 Å². The van der Waals surface area contributed by atoms with Crippen molar-refractivity contribution in [3.8, 4) is 16.9 Å². The number of carbonyl (C=O) groups is 1. The molecule has 6 nitrogen and oxygen atoms in total. The normalized spacial score (nSPS) is 10.2. The molecular formula is C13H11ClN2O4. The summed E-state index contributed by atoms with van der Waals surface area (Å²) in [4.78, 5) is 29.6. The number of pyridine rings is 2. The van der Waals surface area contributed by atoms with Gasteiger partial charge in [-0.15, -0.1) is 0 Å². The number of hydrogen-bond donors (Lipinski definition) is 1. The summed E-state index contributed by atoms with van der Waals surface area (Å²) in [5.74, 6) is -0.184. The molecule has 2 rings (SSSR count). The van der Waals surface area contributed by atoms with Crippen LogP contribution < -0.4 is 10.3 Å². The molecule has 0 aromatic carbocycles. The lowest BCUT2D eigenvalue weighted by atomic mass is 10.0. The summed E-state index contributed by atoms with van der Waals surface area (Å²) < 4.78 is 9.87. The zero-order chi connectivity index (χ0) is 14.7. The van der Waals surface area contributed by atoms with E-state index in [9.17, 15) is 9.59 Å². The maximum Gasteiger partial charge on any atom is 0.339 e. The molecule has 1 N–H and O–H groups in total. The number of nitrogens with zero attached hydrogens (tertiary/aromatic N) is 1. The van der Waals surface area contributed by atoms with Gasteiger partial charge in [0.25, 0.3) is 0 Å². The van der Waals surface area contributed by atoms with Crippen molar-refractivity contribution in [1.29, 1.82) is 0 Å². The van der Waals surface area contributed by atoms with Gasteiger partial charge in [0.15, 0.2) is 0 Å². The van der Waals surface area contributed by atoms with Crippen LogP contribution in [0.25, 0.3) is 11.1 Å². The van der Waals surface area contributed by atoms with E-state index in [0.717, 1.165) is 0 Å². The minimum atomic E-state index is -0.578. The van der Waals surface area contributed by atoms with Gasteiger partial charge in [-0.1, -0.05) is 11.6 Å². The summed E-state index contributed by atoms with van der Waals surface area (Å²) in [6, 6.07) is 2.79. The number of aromatic nitrogens is 2. The Bertz CT molecular complexity index is 712. The first-order valence-electron chi connectivity index (χ1n) is 5.57. The standard InChI is InChI=1S/C13H11ClN2O4/c1-19-10-6-15-11(14)3-8(10)7-4-12(17)16-5-9(7)13(18)20-2/h3-6H,1-2H3,(H,16,17). The van der Waals surface area contributed by atoms with E-state index in [1.807, 2.05) is 0 Å². The molecule has 2 aromatic heterocycles. The molecule has 20 heavy (non-hydrogen) atoms. The van der Waals surface area contributed by atoms with Crippen molar-refractivity contribution in [2.75, 3.05) is 14.2 Å². The number of aromatic amines is 1. The third-order valence-corrected chi connectivity index (χ3v) is 2.88. The summed E-state index contributed by atoms with van der Waals surface area (Å²) in [6.07, 6.45) is 2.71. The van der Waals surface area contributed by atoms with Gasteiger partial charge in [0.05, 0.1) is 26.0 Å². The molecule has 0 fully saturated rings. The third-order valence-electron chi connectivity index (χ3n) is 2.67. The molecule has 0 aliphatic carbocycles. The monoisotopic (exact) mass is 294 g/mol. The van der Waals surface area contributed by atoms with Crippen molar-refractivity contribution in [3.63, 3.8) is 0 Å². The topological polar surface area (TPSA) is 81.3 Å². The first kappa shape index (κ1) is 14.1. The number of rotatable bonds is 3. The van der Waals surface area contributed by atoms with Gasteiger partial charge < -0.3 is 14.5 Å². The van der Waals surface area contributed by atoms with Crippen LogP contribution >= 0.6 is 11.6 Å². The second-order valence-corrected chi connectivity index (χ2v) is 4.21. The van der Waals surface area contributed by atoms with Crippen LogP contribution in [-0.2, 0) is 4.74 Å². The van der Waals surface area contributed by atoms with Gasteiger partial charge in [-0.05, 0) is 6.07 Å². The van der Waals surface area contributed by atoms with Crippen LogP contribution in [0, 0.1) is 0 Å². The second kappa shape index (κ2) is 5.75. The van der Waals surface area contributed by atoms with Crippen LogP contribution in [-0.4, -0.2) is 30.2 Å². The number of H-pyrrole nitrogens is 1. The van der Waals surface area contributed by atoms with Gasteiger partial charge in [0.2, 0.25) is 5.56 Å². The summed E-state index contributed by atoms with van der Waals surface area (Å²) in [5, 5.41) is 0.219. The zero-order valence-electron chi connectivity index (χ0n) is 10.8. The van der Waals surface area contributed by atoms with E-state index in [1.54, 1.807) is 0 Å². The molecule has 0 atom stereocenters. The van der Waals surface area contributed by atoms with Crippen LogP contribution in [0.3, 0.4) is 0 Å². The average Bonchev–Trinajstić information content (AvgIpc) is 2.46. The van der Waals surface area contributed by atoms with Crippen LogP contribution in [0.1, 0.15) is 10.4 Å². The lowest BCUT2D eigenvalue weighted by Crippen LogP contribution is -2.11. The lowest BCUT2D eigenvalue weighted by molar-refractivity contribution is 0.0601. The fourth-order valence-corrected chi connectivity index (χ4v) is 1.92. The fraction of sp³-hybridized carbons (Fsp3) is 0.154. The highest BCUT2D eigenvalue weighted by molar-refractivity contribution is 6.29. The second-order valence-electron chi connectivity index (χ2n) is 3.82. The molecule has 0 saturated heterocycles. The minimum Gasteiger partial charge on any atom is -0.494 e. The quantitative estimate of drug-likeness (QED) is 0.690. The fourth-order valence-electron chi connectivity index (χ4n) is 1.76. The number of halogens is 1. The van der Waals surface area contributed by atoms with E-state index in [4.69, 9.17) is 21.1 Å². The van der Waals surface area contributed by atoms with Crippen molar-refractivity contribution in [3.05, 3.63) is 45.6 Å². The molecule has 2 heterocycles. The van der Waals surface area contributed by atoms with Crippen molar-refractivity contribution < 1.29 is 14.3 Å². The molecule has 0 aliphatic rings. The molecule has 0 unspecified atom stereocenters. The number of methoxy groups -OCH3 is 2. The molecule has 0 aliphatic heterocycles. The predicted octanol–water partition coefficient (Wildman–Crippen LogP) is 1.89. The number of ether oxygens (including phenoxy) is 2. The van der Waals surface area contributed by atoms with Gasteiger partial charge in [-0.25, -0.2) is 9.78 Å². The number of esters is 1. The van der Waals surface area contributed by atoms with Crippen molar-refractivity contribution in [1.82, 2.24) is 9.97 Å². The summed E-state index contributed by atoms with van der Waals surface area (Å²) in [6.45, 7) is 0. The molecule has 0 bridgehead atoms. The third kappa shape index (κ3) is 2.65. The largest absolute Gasteiger partial charge is 0.494 e. The van der Waals surface area contributed by atoms with Crippen LogP contribution in [0.5, 0.6) is 5.75 Å². The van der Waals surface area contributed by atoms with Crippen LogP contribution in [0.2, 0.25) is 5.15 Å². The highest BCUT2D eigenvalue weighted by Crippen LogP contribution is 2.32. The van der Waals surface area contributed by atoms with Gasteiger partial charge in [-0.3, -0.25) is 4.79 Å². The average molecular weight is 295 g/mol. The minimum absolute atomic E-state index is 0.202.